The van der Waals surface area contributed by atoms with Crippen molar-refractivity contribution in [3.05, 3.63) is 50.6 Å². The second-order valence-electron chi connectivity index (χ2n) is 5.62. The van der Waals surface area contributed by atoms with Crippen molar-refractivity contribution in [2.75, 3.05) is 5.43 Å². The predicted molar refractivity (Wildman–Crippen MR) is 102 cm³/mol. The molecule has 1 aliphatic carbocycles. The van der Waals surface area contributed by atoms with Gasteiger partial charge in [0.05, 0.1) is 21.6 Å². The molecule has 0 bridgehead atoms. The molecule has 0 saturated carbocycles. The van der Waals surface area contributed by atoms with E-state index in [0.717, 1.165) is 28.9 Å². The van der Waals surface area contributed by atoms with Crippen molar-refractivity contribution in [1.82, 2.24) is 9.97 Å². The molecule has 0 aliphatic heterocycles. The van der Waals surface area contributed by atoms with Crippen molar-refractivity contribution >= 4 is 56.8 Å². The van der Waals surface area contributed by atoms with Crippen LogP contribution in [0, 0.1) is 0 Å². The van der Waals surface area contributed by atoms with Gasteiger partial charge >= 0.3 is 0 Å². The summed E-state index contributed by atoms with van der Waals surface area (Å²) in [7, 11) is 0. The molecule has 0 spiro atoms. The maximum atomic E-state index is 6.16. The van der Waals surface area contributed by atoms with Crippen LogP contribution in [0.5, 0.6) is 0 Å². The fourth-order valence-corrected chi connectivity index (χ4v) is 4.69. The molecule has 0 atom stereocenters. The van der Waals surface area contributed by atoms with Gasteiger partial charge in [-0.3, -0.25) is 5.43 Å². The molecule has 2 heterocycles. The zero-order valence-corrected chi connectivity index (χ0v) is 15.0. The van der Waals surface area contributed by atoms with Crippen molar-refractivity contribution in [2.45, 2.75) is 25.7 Å². The average molecular weight is 377 g/mol. The van der Waals surface area contributed by atoms with Gasteiger partial charge in [0.25, 0.3) is 0 Å². The highest BCUT2D eigenvalue weighted by Crippen LogP contribution is 2.38. The molecule has 0 amide bonds. The van der Waals surface area contributed by atoms with Gasteiger partial charge in [-0.1, -0.05) is 29.3 Å². The highest BCUT2D eigenvalue weighted by atomic mass is 35.5. The molecule has 1 N–H and O–H groups in total. The number of nitrogens with one attached hydrogen (secondary N) is 1. The zero-order chi connectivity index (χ0) is 16.5. The Morgan fingerprint density at radius 3 is 2.75 bits per heavy atom. The van der Waals surface area contributed by atoms with Gasteiger partial charge in [-0.15, -0.1) is 11.3 Å². The van der Waals surface area contributed by atoms with Crippen LogP contribution < -0.4 is 5.43 Å². The van der Waals surface area contributed by atoms with Crippen molar-refractivity contribution in [3.8, 4) is 0 Å². The number of hydrazone groups is 1. The molecule has 2 aromatic heterocycles. The van der Waals surface area contributed by atoms with E-state index in [1.54, 1.807) is 42.1 Å². The second-order valence-corrected chi connectivity index (χ2v) is 7.52. The first-order valence-corrected chi connectivity index (χ1v) is 9.29. The van der Waals surface area contributed by atoms with Crippen molar-refractivity contribution < 1.29 is 0 Å². The third-order valence-corrected chi connectivity index (χ3v) is 5.97. The van der Waals surface area contributed by atoms with E-state index in [2.05, 4.69) is 20.5 Å². The molecular formula is C17H14Cl2N4S. The number of rotatable bonds is 3. The Hall–Kier alpha value is -1.69. The van der Waals surface area contributed by atoms with Crippen LogP contribution in [0.25, 0.3) is 10.2 Å². The summed E-state index contributed by atoms with van der Waals surface area (Å²) in [5, 5.41) is 6.51. The number of benzene rings is 1. The molecule has 0 fully saturated rings. The minimum atomic E-state index is 0.564. The molecule has 24 heavy (non-hydrogen) atoms. The third-order valence-electron chi connectivity index (χ3n) is 4.12. The quantitative estimate of drug-likeness (QED) is 0.496. The Kier molecular flexibility index (Phi) is 4.39. The minimum absolute atomic E-state index is 0.564. The van der Waals surface area contributed by atoms with E-state index in [0.29, 0.717) is 15.6 Å². The lowest BCUT2D eigenvalue weighted by Crippen LogP contribution is -2.01. The molecule has 1 aromatic carbocycles. The summed E-state index contributed by atoms with van der Waals surface area (Å²) in [6.45, 7) is 0. The third kappa shape index (κ3) is 2.88. The fraction of sp³-hybridized carbons (Fsp3) is 0.235. The number of thiophene rings is 1. The van der Waals surface area contributed by atoms with Crippen LogP contribution in [0.3, 0.4) is 0 Å². The van der Waals surface area contributed by atoms with Gasteiger partial charge in [-0.25, -0.2) is 9.97 Å². The van der Waals surface area contributed by atoms with Crippen LogP contribution in [0.15, 0.2) is 29.6 Å². The van der Waals surface area contributed by atoms with Crippen molar-refractivity contribution in [1.29, 1.82) is 0 Å². The fourth-order valence-electron chi connectivity index (χ4n) is 2.97. The number of nitrogens with zero attached hydrogens (tertiary/aromatic N) is 3. The molecule has 7 heteroatoms. The first-order chi connectivity index (χ1) is 11.7. The van der Waals surface area contributed by atoms with Gasteiger partial charge < -0.3 is 0 Å². The zero-order valence-electron chi connectivity index (χ0n) is 12.7. The summed E-state index contributed by atoms with van der Waals surface area (Å²) in [4.78, 5) is 11.2. The predicted octanol–water partition coefficient (Wildman–Crippen LogP) is 5.32. The van der Waals surface area contributed by atoms with Crippen LogP contribution in [0.2, 0.25) is 10.0 Å². The molecule has 0 unspecified atom stereocenters. The SMILES string of the molecule is Clc1cccc(Cl)c1/C=N\Nc1ncnc2sc3c(c12)CCCC3. The number of hydrogen-bond acceptors (Lipinski definition) is 5. The first-order valence-electron chi connectivity index (χ1n) is 7.72. The molecule has 1 aliphatic rings. The van der Waals surface area contributed by atoms with Gasteiger partial charge in [0.1, 0.15) is 11.2 Å². The minimum Gasteiger partial charge on any atom is -0.261 e. The Balaban J connectivity index is 1.68. The average Bonchev–Trinajstić information content (AvgIpc) is 2.97. The van der Waals surface area contributed by atoms with E-state index in [1.165, 1.54) is 23.3 Å². The summed E-state index contributed by atoms with van der Waals surface area (Å²) in [6, 6.07) is 5.38. The highest BCUT2D eigenvalue weighted by molar-refractivity contribution is 7.19. The van der Waals surface area contributed by atoms with Crippen LogP contribution >= 0.6 is 34.5 Å². The molecule has 0 radical (unpaired) electrons. The van der Waals surface area contributed by atoms with E-state index < -0.39 is 0 Å². The van der Waals surface area contributed by atoms with Crippen molar-refractivity contribution in [2.24, 2.45) is 5.10 Å². The summed E-state index contributed by atoms with van der Waals surface area (Å²) in [6.07, 6.45) is 7.87. The first kappa shape index (κ1) is 15.8. The Bertz CT molecular complexity index is 915. The largest absolute Gasteiger partial charge is 0.261 e. The molecular weight excluding hydrogens is 363 g/mol. The Morgan fingerprint density at radius 2 is 1.92 bits per heavy atom. The molecule has 4 nitrogen and oxygen atoms in total. The number of aryl methyl sites for hydroxylation is 2. The maximum Gasteiger partial charge on any atom is 0.158 e. The van der Waals surface area contributed by atoms with E-state index >= 15 is 0 Å². The molecule has 3 aromatic rings. The summed E-state index contributed by atoms with van der Waals surface area (Å²) in [5.41, 5.74) is 5.09. The van der Waals surface area contributed by atoms with Gasteiger partial charge in [0, 0.05) is 10.4 Å². The summed E-state index contributed by atoms with van der Waals surface area (Å²) in [5.74, 6) is 0.735. The highest BCUT2D eigenvalue weighted by Gasteiger charge is 2.19. The Labute approximate surface area is 153 Å². The van der Waals surface area contributed by atoms with Gasteiger partial charge in [0.2, 0.25) is 0 Å². The number of fused-ring (bicyclic) bond motifs is 3. The van der Waals surface area contributed by atoms with E-state index in [1.807, 2.05) is 0 Å². The number of aromatic nitrogens is 2. The van der Waals surface area contributed by atoms with E-state index in [9.17, 15) is 0 Å². The topological polar surface area (TPSA) is 50.2 Å². The van der Waals surface area contributed by atoms with Gasteiger partial charge in [0.15, 0.2) is 5.82 Å². The summed E-state index contributed by atoms with van der Waals surface area (Å²) < 4.78 is 0. The number of anilines is 1. The second kappa shape index (κ2) is 6.67. The van der Waals surface area contributed by atoms with Crippen LogP contribution in [-0.2, 0) is 12.8 Å². The van der Waals surface area contributed by atoms with E-state index in [4.69, 9.17) is 23.2 Å². The lowest BCUT2D eigenvalue weighted by atomic mass is 9.97. The standard InChI is InChI=1S/C17H14Cl2N4S/c18-12-5-3-6-13(19)11(12)8-22-23-16-15-10-4-1-2-7-14(10)24-17(15)21-9-20-16/h3,5-6,8-9H,1-2,4,7H2,(H,20,21,23)/b22-8-. The number of hydrogen-bond donors (Lipinski definition) is 1. The normalized spacial score (nSPS) is 14.2. The maximum absolute atomic E-state index is 6.16. The number of halogens is 2. The van der Waals surface area contributed by atoms with E-state index in [-0.39, 0.29) is 0 Å². The molecule has 0 saturated heterocycles. The van der Waals surface area contributed by atoms with Gasteiger partial charge in [-0.2, -0.15) is 5.10 Å². The lowest BCUT2D eigenvalue weighted by molar-refractivity contribution is 0.700. The van der Waals surface area contributed by atoms with Gasteiger partial charge in [-0.05, 0) is 43.4 Å². The lowest BCUT2D eigenvalue weighted by Gasteiger charge is -2.11. The van der Waals surface area contributed by atoms with Crippen LogP contribution in [-0.4, -0.2) is 16.2 Å². The molecule has 4 rings (SSSR count). The molecule has 122 valence electrons. The van der Waals surface area contributed by atoms with Crippen molar-refractivity contribution in [3.63, 3.8) is 0 Å². The summed E-state index contributed by atoms with van der Waals surface area (Å²) >= 11 is 14.1. The van der Waals surface area contributed by atoms with Crippen LogP contribution in [0.4, 0.5) is 5.82 Å². The monoisotopic (exact) mass is 376 g/mol. The van der Waals surface area contributed by atoms with Crippen LogP contribution in [0.1, 0.15) is 28.8 Å². The Morgan fingerprint density at radius 1 is 1.12 bits per heavy atom. The smallest absolute Gasteiger partial charge is 0.158 e.